The molecule has 9 aromatic carbocycles. The zero-order valence-corrected chi connectivity index (χ0v) is 30.4. The summed E-state index contributed by atoms with van der Waals surface area (Å²) in [5.41, 5.74) is 9.41. The molecule has 0 aliphatic heterocycles. The summed E-state index contributed by atoms with van der Waals surface area (Å²) >= 11 is 1.92. The van der Waals surface area contributed by atoms with Crippen LogP contribution in [0.4, 0.5) is 0 Å². The molecule has 0 unspecified atom stereocenters. The Morgan fingerprint density at radius 2 is 0.868 bits per heavy atom. The van der Waals surface area contributed by atoms with E-state index >= 15 is 0 Å². The van der Waals surface area contributed by atoms with Crippen LogP contribution in [0.15, 0.2) is 164 Å². The van der Waals surface area contributed by atoms with Gasteiger partial charge in [-0.25, -0.2) is 0 Å². The Hall–Kier alpha value is -5.76. The van der Waals surface area contributed by atoms with Gasteiger partial charge in [-0.1, -0.05) is 165 Å². The Labute approximate surface area is 314 Å². The maximum absolute atomic E-state index is 2.49. The SMILES string of the molecule is c1ccc(-c2c3ccccc3c(-c3ccc4sc5cccc(-c6c7ccccc7c(C7CCCCC7)c7ccccc67)c5c4c3)c3ccccc23)cc1. The highest BCUT2D eigenvalue weighted by molar-refractivity contribution is 7.26. The van der Waals surface area contributed by atoms with E-state index in [1.54, 1.807) is 5.56 Å². The van der Waals surface area contributed by atoms with Crippen molar-refractivity contribution in [3.8, 4) is 33.4 Å². The number of hydrogen-bond acceptors (Lipinski definition) is 1. The molecule has 1 saturated carbocycles. The fourth-order valence-corrected chi connectivity index (χ4v) is 10.9. The van der Waals surface area contributed by atoms with Crippen molar-refractivity contribution >= 4 is 74.6 Å². The molecule has 10 aromatic rings. The molecule has 1 aliphatic carbocycles. The summed E-state index contributed by atoms with van der Waals surface area (Å²) in [6, 6.07) is 61.6. The van der Waals surface area contributed by atoms with Crippen LogP contribution in [0.5, 0.6) is 0 Å². The summed E-state index contributed by atoms with van der Waals surface area (Å²) < 4.78 is 2.67. The molecule has 0 atom stereocenters. The maximum Gasteiger partial charge on any atom is 0.0361 e. The molecule has 11 rings (SSSR count). The highest BCUT2D eigenvalue weighted by Gasteiger charge is 2.25. The van der Waals surface area contributed by atoms with Crippen molar-refractivity contribution in [2.75, 3.05) is 0 Å². The first kappa shape index (κ1) is 30.8. The summed E-state index contributed by atoms with van der Waals surface area (Å²) in [5, 5.41) is 13.5. The van der Waals surface area contributed by atoms with Crippen molar-refractivity contribution in [1.29, 1.82) is 0 Å². The van der Waals surface area contributed by atoms with Gasteiger partial charge >= 0.3 is 0 Å². The van der Waals surface area contributed by atoms with Crippen LogP contribution in [0.1, 0.15) is 43.6 Å². The molecule has 0 spiro atoms. The van der Waals surface area contributed by atoms with Gasteiger partial charge in [-0.2, -0.15) is 0 Å². The largest absolute Gasteiger partial charge is 0.135 e. The molecule has 0 radical (unpaired) electrons. The Bertz CT molecular complexity index is 2920. The summed E-state index contributed by atoms with van der Waals surface area (Å²) in [5.74, 6) is 0.617. The fraction of sp³-hybridized carbons (Fsp3) is 0.115. The van der Waals surface area contributed by atoms with E-state index in [0.29, 0.717) is 5.92 Å². The van der Waals surface area contributed by atoms with E-state index in [9.17, 15) is 0 Å². The van der Waals surface area contributed by atoms with E-state index in [0.717, 1.165) is 0 Å². The van der Waals surface area contributed by atoms with Gasteiger partial charge < -0.3 is 0 Å². The minimum atomic E-state index is 0.617. The molecular weight excluding hydrogens is 657 g/mol. The number of hydrogen-bond donors (Lipinski definition) is 0. The quantitative estimate of drug-likeness (QED) is 0.161. The van der Waals surface area contributed by atoms with Gasteiger partial charge in [0.25, 0.3) is 0 Å². The Kier molecular flexibility index (Phi) is 7.23. The highest BCUT2D eigenvalue weighted by Crippen LogP contribution is 2.50. The second kappa shape index (κ2) is 12.4. The second-order valence-corrected chi connectivity index (χ2v) is 16.0. The van der Waals surface area contributed by atoms with E-state index in [1.165, 1.54) is 129 Å². The Morgan fingerprint density at radius 3 is 1.45 bits per heavy atom. The van der Waals surface area contributed by atoms with Gasteiger partial charge in [0.15, 0.2) is 0 Å². The first-order valence-electron chi connectivity index (χ1n) is 19.2. The molecule has 1 aromatic heterocycles. The standard InChI is InChI=1S/C52H38S/c1-3-16-33(17-4-1)48-36-20-7-9-22-38(36)50(39-23-10-8-21-37(39)48)35-30-31-46-45(32-35)52-44(28-15-29-47(52)53-46)51-42-26-13-11-24-40(42)49(34-18-5-2-6-19-34)41-25-12-14-27-43(41)51/h1,3-4,7-17,20-32,34H,2,5-6,18-19H2. The molecule has 53 heavy (non-hydrogen) atoms. The molecular formula is C52H38S. The summed E-state index contributed by atoms with van der Waals surface area (Å²) in [6.45, 7) is 0. The van der Waals surface area contributed by atoms with Crippen LogP contribution >= 0.6 is 11.3 Å². The minimum Gasteiger partial charge on any atom is -0.135 e. The van der Waals surface area contributed by atoms with E-state index in [1.807, 2.05) is 11.3 Å². The second-order valence-electron chi connectivity index (χ2n) is 14.9. The molecule has 0 amide bonds. The smallest absolute Gasteiger partial charge is 0.0361 e. The molecule has 1 fully saturated rings. The normalized spacial score (nSPS) is 14.0. The first-order valence-corrected chi connectivity index (χ1v) is 20.0. The van der Waals surface area contributed by atoms with Crippen molar-refractivity contribution < 1.29 is 0 Å². The van der Waals surface area contributed by atoms with Crippen LogP contribution < -0.4 is 0 Å². The molecule has 0 bridgehead atoms. The molecule has 1 heterocycles. The molecule has 0 nitrogen and oxygen atoms in total. The van der Waals surface area contributed by atoms with E-state index in [4.69, 9.17) is 0 Å². The van der Waals surface area contributed by atoms with E-state index in [-0.39, 0.29) is 0 Å². The highest BCUT2D eigenvalue weighted by atomic mass is 32.1. The van der Waals surface area contributed by atoms with E-state index in [2.05, 4.69) is 164 Å². The molecule has 252 valence electrons. The summed E-state index contributed by atoms with van der Waals surface area (Å²) in [4.78, 5) is 0. The van der Waals surface area contributed by atoms with Crippen molar-refractivity contribution in [2.45, 2.75) is 38.0 Å². The number of rotatable bonds is 4. The van der Waals surface area contributed by atoms with Gasteiger partial charge in [0, 0.05) is 20.2 Å². The van der Waals surface area contributed by atoms with Crippen LogP contribution in [-0.4, -0.2) is 0 Å². The topological polar surface area (TPSA) is 0 Å². The lowest BCUT2D eigenvalue weighted by Gasteiger charge is -2.27. The van der Waals surface area contributed by atoms with Gasteiger partial charge in [-0.15, -0.1) is 11.3 Å². The average Bonchev–Trinajstić information content (AvgIpc) is 3.61. The Balaban J connectivity index is 1.21. The monoisotopic (exact) mass is 694 g/mol. The van der Waals surface area contributed by atoms with Crippen molar-refractivity contribution in [3.63, 3.8) is 0 Å². The van der Waals surface area contributed by atoms with Gasteiger partial charge in [0.2, 0.25) is 0 Å². The lowest BCUT2D eigenvalue weighted by molar-refractivity contribution is 0.447. The predicted octanol–water partition coefficient (Wildman–Crippen LogP) is 15.7. The fourth-order valence-electron chi connectivity index (χ4n) is 9.83. The summed E-state index contributed by atoms with van der Waals surface area (Å²) in [6.07, 6.45) is 6.60. The zero-order valence-electron chi connectivity index (χ0n) is 29.6. The lowest BCUT2D eigenvalue weighted by atomic mass is 9.77. The van der Waals surface area contributed by atoms with Crippen LogP contribution in [0.2, 0.25) is 0 Å². The predicted molar refractivity (Wildman–Crippen MR) is 231 cm³/mol. The average molecular weight is 695 g/mol. The number of thiophene rings is 1. The maximum atomic E-state index is 2.49. The van der Waals surface area contributed by atoms with Gasteiger partial charge in [-0.3, -0.25) is 0 Å². The summed E-state index contributed by atoms with van der Waals surface area (Å²) in [7, 11) is 0. The number of fused-ring (bicyclic) bond motifs is 7. The van der Waals surface area contributed by atoms with Gasteiger partial charge in [0.05, 0.1) is 0 Å². The lowest BCUT2D eigenvalue weighted by Crippen LogP contribution is -2.06. The molecule has 0 saturated heterocycles. The third kappa shape index (κ3) is 4.80. The Morgan fingerprint density at radius 1 is 0.358 bits per heavy atom. The molecule has 1 aliphatic rings. The minimum absolute atomic E-state index is 0.617. The zero-order chi connectivity index (χ0) is 34.9. The van der Waals surface area contributed by atoms with Gasteiger partial charge in [0.1, 0.15) is 0 Å². The third-order valence-electron chi connectivity index (χ3n) is 12.0. The van der Waals surface area contributed by atoms with Gasteiger partial charge in [-0.05, 0) is 119 Å². The van der Waals surface area contributed by atoms with Crippen molar-refractivity contribution in [1.82, 2.24) is 0 Å². The third-order valence-corrected chi connectivity index (χ3v) is 13.2. The van der Waals surface area contributed by atoms with Crippen molar-refractivity contribution in [2.24, 2.45) is 0 Å². The number of benzene rings is 9. The van der Waals surface area contributed by atoms with Crippen molar-refractivity contribution in [3.05, 3.63) is 169 Å². The molecule has 1 heteroatoms. The molecule has 0 N–H and O–H groups in total. The van der Waals surface area contributed by atoms with Crippen LogP contribution in [0, 0.1) is 0 Å². The van der Waals surface area contributed by atoms with Crippen LogP contribution in [-0.2, 0) is 0 Å². The van der Waals surface area contributed by atoms with E-state index < -0.39 is 0 Å². The van der Waals surface area contributed by atoms with Crippen LogP contribution in [0.3, 0.4) is 0 Å². The first-order chi connectivity index (χ1) is 26.3. The van der Waals surface area contributed by atoms with Crippen LogP contribution in [0.25, 0.3) is 96.6 Å².